The normalized spacial score (nSPS) is 11.1. The predicted molar refractivity (Wildman–Crippen MR) is 77.0 cm³/mol. The van der Waals surface area contributed by atoms with Crippen LogP contribution in [0.25, 0.3) is 11.1 Å². The smallest absolute Gasteiger partial charge is 0.195 e. The first kappa shape index (κ1) is 12.7. The van der Waals surface area contributed by atoms with Crippen LogP contribution in [-0.2, 0) is 12.8 Å². The van der Waals surface area contributed by atoms with Gasteiger partial charge in [-0.1, -0.05) is 29.8 Å². The van der Waals surface area contributed by atoms with Gasteiger partial charge < -0.3 is 10.2 Å². The number of rotatable bonds is 3. The van der Waals surface area contributed by atoms with Crippen LogP contribution < -0.4 is 5.73 Å². The third kappa shape index (κ3) is 2.50. The molecule has 0 aliphatic carbocycles. The molecule has 4 heteroatoms. The van der Waals surface area contributed by atoms with Gasteiger partial charge in [0.05, 0.1) is 5.69 Å². The second-order valence-electron chi connectivity index (χ2n) is 4.94. The van der Waals surface area contributed by atoms with Gasteiger partial charge in [-0.15, -0.1) is 0 Å². The second kappa shape index (κ2) is 4.96. The molecule has 0 amide bonds. The van der Waals surface area contributed by atoms with Crippen molar-refractivity contribution >= 4 is 16.8 Å². The maximum absolute atomic E-state index is 13.2. The van der Waals surface area contributed by atoms with Crippen LogP contribution in [0.2, 0.25) is 0 Å². The minimum atomic E-state index is -0.395. The number of anilines is 1. The van der Waals surface area contributed by atoms with Gasteiger partial charge in [-0.05, 0) is 18.9 Å². The molecule has 0 aliphatic rings. The lowest BCUT2D eigenvalue weighted by atomic mass is 10.1. The monoisotopic (exact) mass is 270 g/mol. The quantitative estimate of drug-likeness (QED) is 0.739. The summed E-state index contributed by atoms with van der Waals surface area (Å²) < 4.78 is 18.8. The van der Waals surface area contributed by atoms with Gasteiger partial charge >= 0.3 is 0 Å². The molecule has 0 radical (unpaired) electrons. The average molecular weight is 270 g/mol. The van der Waals surface area contributed by atoms with Gasteiger partial charge in [-0.3, -0.25) is 0 Å². The molecule has 0 aliphatic heterocycles. The number of nitrogens with two attached hydrogens (primary N) is 1. The molecule has 2 N–H and O–H groups in total. The van der Waals surface area contributed by atoms with E-state index in [0.29, 0.717) is 23.4 Å². The fourth-order valence-corrected chi connectivity index (χ4v) is 2.29. The second-order valence-corrected chi connectivity index (χ2v) is 4.94. The van der Waals surface area contributed by atoms with Gasteiger partial charge in [0.15, 0.2) is 11.5 Å². The number of aryl methyl sites for hydroxylation is 3. The van der Waals surface area contributed by atoms with E-state index >= 15 is 0 Å². The summed E-state index contributed by atoms with van der Waals surface area (Å²) in [6, 6.07) is 10.9. The molecule has 0 unspecified atom stereocenters. The number of nitrogen functional groups attached to an aromatic ring is 1. The summed E-state index contributed by atoms with van der Waals surface area (Å²) in [6.45, 7) is 2.06. The molecular weight excluding hydrogens is 255 g/mol. The van der Waals surface area contributed by atoms with Gasteiger partial charge in [-0.2, -0.15) is 0 Å². The number of oxazole rings is 1. The number of aromatic nitrogens is 1. The molecule has 3 rings (SSSR count). The van der Waals surface area contributed by atoms with E-state index in [1.54, 1.807) is 0 Å². The molecule has 2 aromatic carbocycles. The lowest BCUT2D eigenvalue weighted by Gasteiger charge is -2.00. The summed E-state index contributed by atoms with van der Waals surface area (Å²) in [5, 5.41) is 0. The first-order valence-corrected chi connectivity index (χ1v) is 6.52. The summed E-state index contributed by atoms with van der Waals surface area (Å²) in [5.41, 5.74) is 9.40. The zero-order valence-electron chi connectivity index (χ0n) is 11.2. The van der Waals surface area contributed by atoms with Crippen LogP contribution in [0.15, 0.2) is 40.8 Å². The lowest BCUT2D eigenvalue weighted by molar-refractivity contribution is 0.529. The number of nitrogens with zero attached hydrogens (tertiary/aromatic N) is 1. The highest BCUT2D eigenvalue weighted by Gasteiger charge is 2.10. The van der Waals surface area contributed by atoms with E-state index in [1.165, 1.54) is 23.3 Å². The fraction of sp³-hybridized carbons (Fsp3) is 0.188. The summed E-state index contributed by atoms with van der Waals surface area (Å²) >= 11 is 0. The highest BCUT2D eigenvalue weighted by atomic mass is 19.1. The molecular formula is C16H15FN2O. The zero-order chi connectivity index (χ0) is 14.1. The molecule has 0 atom stereocenters. The largest absolute Gasteiger partial charge is 0.439 e. The molecule has 0 saturated heterocycles. The van der Waals surface area contributed by atoms with Crippen molar-refractivity contribution in [3.63, 3.8) is 0 Å². The summed E-state index contributed by atoms with van der Waals surface area (Å²) in [7, 11) is 0. The molecule has 102 valence electrons. The molecule has 1 heterocycles. The van der Waals surface area contributed by atoms with Crippen LogP contribution in [0.3, 0.4) is 0 Å². The number of benzene rings is 2. The standard InChI is InChI=1S/C16H15FN2O/c1-10-3-2-4-11(7-10)5-6-15-19-14-9-12(17)8-13(18)16(14)20-15/h2-4,7-9H,5-6,18H2,1H3. The van der Waals surface area contributed by atoms with Crippen LogP contribution in [0.1, 0.15) is 17.0 Å². The molecule has 3 aromatic rings. The zero-order valence-corrected chi connectivity index (χ0v) is 11.2. The summed E-state index contributed by atoms with van der Waals surface area (Å²) in [5.74, 6) is 0.187. The summed E-state index contributed by atoms with van der Waals surface area (Å²) in [6.07, 6.45) is 1.50. The SMILES string of the molecule is Cc1cccc(CCc2nc3cc(F)cc(N)c3o2)c1. The van der Waals surface area contributed by atoms with Crippen LogP contribution in [-0.4, -0.2) is 4.98 Å². The number of halogens is 1. The van der Waals surface area contributed by atoms with Crippen molar-refractivity contribution < 1.29 is 8.81 Å². The topological polar surface area (TPSA) is 52.0 Å². The van der Waals surface area contributed by atoms with Crippen molar-refractivity contribution in [1.82, 2.24) is 4.98 Å². The van der Waals surface area contributed by atoms with Crippen LogP contribution >= 0.6 is 0 Å². The Kier molecular flexibility index (Phi) is 3.14. The van der Waals surface area contributed by atoms with Crippen LogP contribution in [0.4, 0.5) is 10.1 Å². The van der Waals surface area contributed by atoms with Crippen molar-refractivity contribution in [3.8, 4) is 0 Å². The Morgan fingerprint density at radius 2 is 2.05 bits per heavy atom. The minimum Gasteiger partial charge on any atom is -0.439 e. The molecule has 20 heavy (non-hydrogen) atoms. The third-order valence-corrected chi connectivity index (χ3v) is 3.24. The first-order chi connectivity index (χ1) is 9.61. The Labute approximate surface area is 116 Å². The van der Waals surface area contributed by atoms with E-state index in [2.05, 4.69) is 30.1 Å². The average Bonchev–Trinajstić information content (AvgIpc) is 2.80. The van der Waals surface area contributed by atoms with E-state index in [0.717, 1.165) is 6.42 Å². The van der Waals surface area contributed by atoms with E-state index in [1.807, 2.05) is 6.07 Å². The molecule has 0 saturated carbocycles. The van der Waals surface area contributed by atoms with E-state index < -0.39 is 5.82 Å². The van der Waals surface area contributed by atoms with Gasteiger partial charge in [0.25, 0.3) is 0 Å². The van der Waals surface area contributed by atoms with E-state index in [-0.39, 0.29) is 5.69 Å². The Hall–Kier alpha value is -2.36. The molecule has 0 fully saturated rings. The van der Waals surface area contributed by atoms with E-state index in [4.69, 9.17) is 10.2 Å². The van der Waals surface area contributed by atoms with Gasteiger partial charge in [-0.25, -0.2) is 9.37 Å². The Morgan fingerprint density at radius 3 is 2.85 bits per heavy atom. The van der Waals surface area contributed by atoms with Gasteiger partial charge in [0.1, 0.15) is 11.3 Å². The number of hydrogen-bond acceptors (Lipinski definition) is 3. The van der Waals surface area contributed by atoms with Crippen LogP contribution in [0.5, 0.6) is 0 Å². The molecule has 1 aromatic heterocycles. The predicted octanol–water partition coefficient (Wildman–Crippen LogP) is 3.64. The number of hydrogen-bond donors (Lipinski definition) is 1. The van der Waals surface area contributed by atoms with Crippen molar-refractivity contribution in [2.75, 3.05) is 5.73 Å². The van der Waals surface area contributed by atoms with Gasteiger partial charge in [0.2, 0.25) is 0 Å². The van der Waals surface area contributed by atoms with E-state index in [9.17, 15) is 4.39 Å². The van der Waals surface area contributed by atoms with Gasteiger partial charge in [0, 0.05) is 18.6 Å². The Balaban J connectivity index is 1.83. The molecule has 0 bridgehead atoms. The maximum Gasteiger partial charge on any atom is 0.195 e. The molecule has 0 spiro atoms. The first-order valence-electron chi connectivity index (χ1n) is 6.52. The van der Waals surface area contributed by atoms with Crippen molar-refractivity contribution in [1.29, 1.82) is 0 Å². The van der Waals surface area contributed by atoms with Crippen molar-refractivity contribution in [2.24, 2.45) is 0 Å². The summed E-state index contributed by atoms with van der Waals surface area (Å²) in [4.78, 5) is 4.29. The van der Waals surface area contributed by atoms with Crippen LogP contribution in [0, 0.1) is 12.7 Å². The van der Waals surface area contributed by atoms with Crippen molar-refractivity contribution in [2.45, 2.75) is 19.8 Å². The number of fused-ring (bicyclic) bond motifs is 1. The van der Waals surface area contributed by atoms with Crippen molar-refractivity contribution in [3.05, 3.63) is 59.2 Å². The Morgan fingerprint density at radius 1 is 1.20 bits per heavy atom. The third-order valence-electron chi connectivity index (χ3n) is 3.24. The highest BCUT2D eigenvalue weighted by Crippen LogP contribution is 2.24. The maximum atomic E-state index is 13.2. The Bertz CT molecular complexity index is 764. The highest BCUT2D eigenvalue weighted by molar-refractivity contribution is 5.84. The molecule has 3 nitrogen and oxygen atoms in total. The minimum absolute atomic E-state index is 0.286. The fourth-order valence-electron chi connectivity index (χ4n) is 2.29. The lowest BCUT2D eigenvalue weighted by Crippen LogP contribution is -1.91.